The maximum atomic E-state index is 13.0. The minimum atomic E-state index is -0.613. The standard InChI is InChI=1S/C21H22N2O5.ClH/c1-12-6-17(18-11-26-15-4-2-3-5-16(15)27-18)28-21(25)19(12)20(24)23-9-13-7-22-8-14(13)10-23;/h2-6,13-14,18,22H,7-11H2,1H3;1H/t13-,14+,18?;. The number of para-hydroxylation sites is 2. The molecule has 2 fully saturated rings. The molecule has 0 spiro atoms. The molecule has 0 radical (unpaired) electrons. The molecule has 154 valence electrons. The largest absolute Gasteiger partial charge is 0.485 e. The van der Waals surface area contributed by atoms with Gasteiger partial charge in [0.25, 0.3) is 5.91 Å². The van der Waals surface area contributed by atoms with E-state index in [0.29, 0.717) is 47.7 Å². The molecule has 0 saturated carbocycles. The molecule has 5 rings (SSSR count). The highest BCUT2D eigenvalue weighted by atomic mass is 35.5. The van der Waals surface area contributed by atoms with Crippen LogP contribution in [-0.2, 0) is 0 Å². The molecule has 3 atom stereocenters. The van der Waals surface area contributed by atoms with Crippen LogP contribution in [0.25, 0.3) is 0 Å². The van der Waals surface area contributed by atoms with Gasteiger partial charge in [0.05, 0.1) is 0 Å². The third kappa shape index (κ3) is 3.49. The summed E-state index contributed by atoms with van der Waals surface area (Å²) < 4.78 is 17.1. The molecule has 4 heterocycles. The first-order valence-corrected chi connectivity index (χ1v) is 9.63. The first kappa shape index (κ1) is 19.8. The van der Waals surface area contributed by atoms with Crippen molar-refractivity contribution in [3.05, 3.63) is 57.6 Å². The van der Waals surface area contributed by atoms with Crippen LogP contribution in [0.2, 0.25) is 0 Å². The number of aryl methyl sites for hydroxylation is 1. The van der Waals surface area contributed by atoms with Crippen LogP contribution in [0.15, 0.2) is 39.5 Å². The fourth-order valence-corrected chi connectivity index (χ4v) is 4.39. The SMILES string of the molecule is Cc1cc(C2COc3ccccc3O2)oc(=O)c1C(=O)N1C[C@H]2CNC[C@H]2C1.Cl. The van der Waals surface area contributed by atoms with Gasteiger partial charge in [-0.15, -0.1) is 12.4 Å². The van der Waals surface area contributed by atoms with Crippen LogP contribution in [-0.4, -0.2) is 43.6 Å². The number of ether oxygens (including phenoxy) is 2. The normalized spacial score (nSPS) is 24.7. The van der Waals surface area contributed by atoms with E-state index in [-0.39, 0.29) is 30.5 Å². The van der Waals surface area contributed by atoms with E-state index in [2.05, 4.69) is 5.32 Å². The predicted molar refractivity (Wildman–Crippen MR) is 108 cm³/mol. The summed E-state index contributed by atoms with van der Waals surface area (Å²) in [6.07, 6.45) is -0.525. The maximum Gasteiger partial charge on any atom is 0.349 e. The fraction of sp³-hybridized carbons (Fsp3) is 0.429. The topological polar surface area (TPSA) is 81.0 Å². The van der Waals surface area contributed by atoms with Crippen molar-refractivity contribution in [2.75, 3.05) is 32.8 Å². The third-order valence-corrected chi connectivity index (χ3v) is 5.88. The fourth-order valence-electron chi connectivity index (χ4n) is 4.39. The maximum absolute atomic E-state index is 13.0. The van der Waals surface area contributed by atoms with Gasteiger partial charge in [-0.05, 0) is 42.5 Å². The van der Waals surface area contributed by atoms with Crippen molar-refractivity contribution < 1.29 is 18.7 Å². The van der Waals surface area contributed by atoms with E-state index in [1.54, 1.807) is 17.9 Å². The lowest BCUT2D eigenvalue weighted by Crippen LogP contribution is -2.35. The summed E-state index contributed by atoms with van der Waals surface area (Å²) in [6.45, 7) is 5.25. The van der Waals surface area contributed by atoms with Crippen molar-refractivity contribution in [1.82, 2.24) is 10.2 Å². The van der Waals surface area contributed by atoms with Gasteiger partial charge < -0.3 is 24.1 Å². The Labute approximate surface area is 174 Å². The monoisotopic (exact) mass is 418 g/mol. The summed E-state index contributed by atoms with van der Waals surface area (Å²) in [7, 11) is 0. The zero-order valence-corrected chi connectivity index (χ0v) is 16.9. The Kier molecular flexibility index (Phi) is 5.27. The Hall–Kier alpha value is -2.51. The molecule has 3 aliphatic heterocycles. The lowest BCUT2D eigenvalue weighted by molar-refractivity contribution is 0.0707. The number of rotatable bonds is 2. The van der Waals surface area contributed by atoms with Crippen LogP contribution in [0.5, 0.6) is 11.5 Å². The van der Waals surface area contributed by atoms with Crippen LogP contribution in [0.4, 0.5) is 0 Å². The van der Waals surface area contributed by atoms with Gasteiger partial charge in [-0.1, -0.05) is 12.1 Å². The first-order valence-electron chi connectivity index (χ1n) is 9.63. The summed E-state index contributed by atoms with van der Waals surface area (Å²) in [6, 6.07) is 9.08. The molecule has 29 heavy (non-hydrogen) atoms. The van der Waals surface area contributed by atoms with Crippen LogP contribution in [0, 0.1) is 18.8 Å². The van der Waals surface area contributed by atoms with E-state index in [4.69, 9.17) is 13.9 Å². The molecule has 3 aliphatic rings. The zero-order chi connectivity index (χ0) is 19.3. The van der Waals surface area contributed by atoms with Gasteiger partial charge in [0.1, 0.15) is 12.2 Å². The molecule has 7 nitrogen and oxygen atoms in total. The highest BCUT2D eigenvalue weighted by Gasteiger charge is 2.39. The number of hydrogen-bond acceptors (Lipinski definition) is 6. The summed E-state index contributed by atoms with van der Waals surface area (Å²) in [5.41, 5.74) is 0.111. The predicted octanol–water partition coefficient (Wildman–Crippen LogP) is 2.17. The number of nitrogens with zero attached hydrogens (tertiary/aromatic N) is 1. The number of hydrogen-bond donors (Lipinski definition) is 1. The van der Waals surface area contributed by atoms with Crippen LogP contribution < -0.4 is 20.4 Å². The molecule has 1 aromatic heterocycles. The second kappa shape index (κ2) is 7.72. The second-order valence-electron chi connectivity index (χ2n) is 7.75. The van der Waals surface area contributed by atoms with Crippen molar-refractivity contribution in [2.24, 2.45) is 11.8 Å². The van der Waals surface area contributed by atoms with E-state index < -0.39 is 11.7 Å². The average molecular weight is 419 g/mol. The Morgan fingerprint density at radius 3 is 2.52 bits per heavy atom. The van der Waals surface area contributed by atoms with Crippen LogP contribution in [0.1, 0.15) is 27.8 Å². The molecule has 0 aliphatic carbocycles. The summed E-state index contributed by atoms with van der Waals surface area (Å²) in [5.74, 6) is 2.36. The number of halogens is 1. The highest BCUT2D eigenvalue weighted by molar-refractivity contribution is 5.95. The molecule has 0 bridgehead atoms. The smallest absolute Gasteiger partial charge is 0.349 e. The first-order chi connectivity index (χ1) is 13.6. The third-order valence-electron chi connectivity index (χ3n) is 5.88. The Bertz CT molecular complexity index is 979. The van der Waals surface area contributed by atoms with Gasteiger partial charge in [-0.2, -0.15) is 0 Å². The Morgan fingerprint density at radius 1 is 1.14 bits per heavy atom. The molecule has 1 aromatic carbocycles. The second-order valence-corrected chi connectivity index (χ2v) is 7.75. The van der Waals surface area contributed by atoms with Crippen LogP contribution >= 0.6 is 12.4 Å². The van der Waals surface area contributed by atoms with Crippen molar-refractivity contribution in [3.63, 3.8) is 0 Å². The molecule has 1 amide bonds. The van der Waals surface area contributed by atoms with E-state index in [1.807, 2.05) is 24.3 Å². The van der Waals surface area contributed by atoms with Gasteiger partial charge in [-0.25, -0.2) is 4.79 Å². The van der Waals surface area contributed by atoms with Crippen LogP contribution in [0.3, 0.4) is 0 Å². The number of fused-ring (bicyclic) bond motifs is 2. The lowest BCUT2D eigenvalue weighted by Gasteiger charge is -2.26. The van der Waals surface area contributed by atoms with Gasteiger partial charge in [0, 0.05) is 26.2 Å². The van der Waals surface area contributed by atoms with Crippen molar-refractivity contribution in [1.29, 1.82) is 0 Å². The van der Waals surface area contributed by atoms with Crippen molar-refractivity contribution in [2.45, 2.75) is 13.0 Å². The van der Waals surface area contributed by atoms with Crippen molar-refractivity contribution >= 4 is 18.3 Å². The van der Waals surface area contributed by atoms with E-state index in [9.17, 15) is 9.59 Å². The van der Waals surface area contributed by atoms with E-state index in [0.717, 1.165) is 13.1 Å². The molecule has 1 N–H and O–H groups in total. The van der Waals surface area contributed by atoms with Gasteiger partial charge in [0.15, 0.2) is 23.4 Å². The highest BCUT2D eigenvalue weighted by Crippen LogP contribution is 2.36. The summed E-state index contributed by atoms with van der Waals surface area (Å²) in [5, 5.41) is 3.35. The molecule has 1 unspecified atom stereocenters. The Morgan fingerprint density at radius 2 is 1.83 bits per heavy atom. The van der Waals surface area contributed by atoms with E-state index in [1.165, 1.54) is 0 Å². The van der Waals surface area contributed by atoms with Gasteiger partial charge in [-0.3, -0.25) is 4.79 Å². The molecule has 2 saturated heterocycles. The molecule has 8 heteroatoms. The minimum Gasteiger partial charge on any atom is -0.485 e. The lowest BCUT2D eigenvalue weighted by atomic mass is 10.0. The molecular formula is C21H23ClN2O5. The van der Waals surface area contributed by atoms with Gasteiger partial charge in [0.2, 0.25) is 0 Å². The van der Waals surface area contributed by atoms with Gasteiger partial charge >= 0.3 is 5.63 Å². The quantitative estimate of drug-likeness (QED) is 0.805. The minimum absolute atomic E-state index is 0. The van der Waals surface area contributed by atoms with E-state index >= 15 is 0 Å². The summed E-state index contributed by atoms with van der Waals surface area (Å²) in [4.78, 5) is 27.4. The zero-order valence-electron chi connectivity index (χ0n) is 16.1. The Balaban J connectivity index is 0.00000205. The number of likely N-dealkylation sites (tertiary alicyclic amines) is 1. The number of benzene rings is 1. The molecular weight excluding hydrogens is 396 g/mol. The van der Waals surface area contributed by atoms with Crippen molar-refractivity contribution in [3.8, 4) is 11.5 Å². The molecule has 2 aromatic rings. The summed E-state index contributed by atoms with van der Waals surface area (Å²) >= 11 is 0. The number of amides is 1. The number of nitrogens with one attached hydrogen (secondary N) is 1. The average Bonchev–Trinajstić information content (AvgIpc) is 3.29. The number of carbonyl (C=O) groups is 1. The number of carbonyl (C=O) groups excluding carboxylic acids is 1.